The van der Waals surface area contributed by atoms with Crippen LogP contribution in [0.2, 0.25) is 0 Å². The standard InChI is InChI=1S/C21H27NO4/c1-4-25-20(21(23)24)15-17-8-10-19(11-9-17)26-13-12-16-6-5-7-18(14-16)22(2)3/h5-11,14,20H,4,12-13,15H2,1-3H3,(H,23,24). The molecule has 0 saturated carbocycles. The number of ether oxygens (including phenoxy) is 2. The molecular weight excluding hydrogens is 330 g/mol. The van der Waals surface area contributed by atoms with Crippen LogP contribution in [0.15, 0.2) is 48.5 Å². The summed E-state index contributed by atoms with van der Waals surface area (Å²) in [4.78, 5) is 13.2. The molecule has 0 bridgehead atoms. The summed E-state index contributed by atoms with van der Waals surface area (Å²) in [5.74, 6) is -0.159. The van der Waals surface area contributed by atoms with Crippen LogP contribution in [0.5, 0.6) is 5.75 Å². The van der Waals surface area contributed by atoms with Crippen LogP contribution in [0.4, 0.5) is 5.69 Å². The Morgan fingerprint density at radius 1 is 1.12 bits per heavy atom. The Balaban J connectivity index is 1.85. The molecule has 1 unspecified atom stereocenters. The first-order valence-corrected chi connectivity index (χ1v) is 8.82. The third-order valence-electron chi connectivity index (χ3n) is 4.07. The quantitative estimate of drug-likeness (QED) is 0.706. The molecule has 1 atom stereocenters. The predicted octanol–water partition coefficient (Wildman–Crippen LogP) is 3.41. The number of hydrogen-bond acceptors (Lipinski definition) is 4. The molecule has 5 heteroatoms. The molecule has 2 aromatic rings. The van der Waals surface area contributed by atoms with E-state index in [0.717, 1.165) is 17.7 Å². The first-order valence-electron chi connectivity index (χ1n) is 8.82. The van der Waals surface area contributed by atoms with Gasteiger partial charge in [-0.05, 0) is 42.3 Å². The van der Waals surface area contributed by atoms with Gasteiger partial charge in [0.1, 0.15) is 5.75 Å². The predicted molar refractivity (Wildman–Crippen MR) is 103 cm³/mol. The summed E-state index contributed by atoms with van der Waals surface area (Å²) in [5.41, 5.74) is 3.32. The molecule has 0 aliphatic rings. The number of carboxylic acid groups (broad SMARTS) is 1. The zero-order chi connectivity index (χ0) is 18.9. The lowest BCUT2D eigenvalue weighted by Gasteiger charge is -2.14. The topological polar surface area (TPSA) is 59.0 Å². The van der Waals surface area contributed by atoms with E-state index in [-0.39, 0.29) is 0 Å². The summed E-state index contributed by atoms with van der Waals surface area (Å²) in [6, 6.07) is 15.9. The van der Waals surface area contributed by atoms with Gasteiger partial charge in [-0.1, -0.05) is 24.3 Å². The van der Waals surface area contributed by atoms with E-state index in [9.17, 15) is 4.79 Å². The van der Waals surface area contributed by atoms with Crippen molar-refractivity contribution in [3.05, 3.63) is 59.7 Å². The normalized spacial score (nSPS) is 11.8. The first-order chi connectivity index (χ1) is 12.5. The molecule has 0 spiro atoms. The van der Waals surface area contributed by atoms with Gasteiger partial charge in [-0.3, -0.25) is 0 Å². The van der Waals surface area contributed by atoms with Crippen LogP contribution in [0.25, 0.3) is 0 Å². The van der Waals surface area contributed by atoms with Crippen LogP contribution in [0.3, 0.4) is 0 Å². The zero-order valence-corrected chi connectivity index (χ0v) is 15.6. The van der Waals surface area contributed by atoms with Gasteiger partial charge < -0.3 is 19.5 Å². The van der Waals surface area contributed by atoms with Crippen molar-refractivity contribution in [3.63, 3.8) is 0 Å². The van der Waals surface area contributed by atoms with Crippen molar-refractivity contribution in [1.29, 1.82) is 0 Å². The van der Waals surface area contributed by atoms with E-state index in [4.69, 9.17) is 14.6 Å². The van der Waals surface area contributed by atoms with E-state index >= 15 is 0 Å². The van der Waals surface area contributed by atoms with Crippen LogP contribution in [-0.2, 0) is 22.4 Å². The second kappa shape index (κ2) is 9.82. The minimum atomic E-state index is -0.938. The van der Waals surface area contributed by atoms with E-state index in [2.05, 4.69) is 29.2 Å². The fourth-order valence-corrected chi connectivity index (χ4v) is 2.63. The van der Waals surface area contributed by atoms with Gasteiger partial charge in [-0.2, -0.15) is 0 Å². The second-order valence-electron chi connectivity index (χ2n) is 6.29. The van der Waals surface area contributed by atoms with Gasteiger partial charge in [0.25, 0.3) is 0 Å². The van der Waals surface area contributed by atoms with Crippen molar-refractivity contribution in [2.75, 3.05) is 32.2 Å². The summed E-state index contributed by atoms with van der Waals surface area (Å²) in [6.07, 6.45) is 0.367. The third kappa shape index (κ3) is 6.08. The molecule has 0 amide bonds. The van der Waals surface area contributed by atoms with E-state index < -0.39 is 12.1 Å². The minimum absolute atomic E-state index is 0.348. The van der Waals surface area contributed by atoms with Crippen LogP contribution < -0.4 is 9.64 Å². The van der Waals surface area contributed by atoms with Gasteiger partial charge in [-0.25, -0.2) is 4.79 Å². The van der Waals surface area contributed by atoms with Crippen molar-refractivity contribution in [1.82, 2.24) is 0 Å². The van der Waals surface area contributed by atoms with E-state index in [1.807, 2.05) is 38.4 Å². The molecule has 0 aliphatic carbocycles. The molecule has 0 saturated heterocycles. The average molecular weight is 357 g/mol. The number of hydrogen-bond donors (Lipinski definition) is 1. The monoisotopic (exact) mass is 357 g/mol. The highest BCUT2D eigenvalue weighted by atomic mass is 16.5. The summed E-state index contributed by atoms with van der Waals surface area (Å²) in [6.45, 7) is 2.77. The average Bonchev–Trinajstić information content (AvgIpc) is 2.63. The van der Waals surface area contributed by atoms with Crippen molar-refractivity contribution >= 4 is 11.7 Å². The number of rotatable bonds is 10. The molecular formula is C21H27NO4. The van der Waals surface area contributed by atoms with Gasteiger partial charge in [0.2, 0.25) is 0 Å². The molecule has 2 rings (SSSR count). The van der Waals surface area contributed by atoms with Crippen LogP contribution in [0, 0.1) is 0 Å². The largest absolute Gasteiger partial charge is 0.493 e. The highest BCUT2D eigenvalue weighted by Crippen LogP contribution is 2.17. The maximum atomic E-state index is 11.2. The minimum Gasteiger partial charge on any atom is -0.493 e. The maximum absolute atomic E-state index is 11.2. The molecule has 1 N–H and O–H groups in total. The smallest absolute Gasteiger partial charge is 0.333 e. The summed E-state index contributed by atoms with van der Waals surface area (Å²) >= 11 is 0. The fraction of sp³-hybridized carbons (Fsp3) is 0.381. The van der Waals surface area contributed by atoms with Gasteiger partial charge in [0, 0.05) is 39.2 Å². The Bertz CT molecular complexity index is 697. The molecule has 0 aliphatic heterocycles. The Hall–Kier alpha value is -2.53. The van der Waals surface area contributed by atoms with E-state index in [0.29, 0.717) is 19.6 Å². The molecule has 5 nitrogen and oxygen atoms in total. The fourth-order valence-electron chi connectivity index (χ4n) is 2.63. The first kappa shape index (κ1) is 19.8. The number of carbonyl (C=O) groups is 1. The number of benzene rings is 2. The Morgan fingerprint density at radius 2 is 1.85 bits per heavy atom. The lowest BCUT2D eigenvalue weighted by molar-refractivity contribution is -0.149. The zero-order valence-electron chi connectivity index (χ0n) is 15.6. The number of anilines is 1. The molecule has 0 heterocycles. The van der Waals surface area contributed by atoms with Crippen molar-refractivity contribution in [2.24, 2.45) is 0 Å². The van der Waals surface area contributed by atoms with Crippen molar-refractivity contribution < 1.29 is 19.4 Å². The highest BCUT2D eigenvalue weighted by molar-refractivity contribution is 5.72. The van der Waals surface area contributed by atoms with E-state index in [1.54, 1.807) is 6.92 Å². The molecule has 26 heavy (non-hydrogen) atoms. The molecule has 0 radical (unpaired) electrons. The molecule has 140 valence electrons. The molecule has 0 fully saturated rings. The summed E-state index contributed by atoms with van der Waals surface area (Å²) in [5, 5.41) is 9.15. The number of carboxylic acids is 1. The Morgan fingerprint density at radius 3 is 2.46 bits per heavy atom. The van der Waals surface area contributed by atoms with Gasteiger partial charge in [0.15, 0.2) is 6.10 Å². The van der Waals surface area contributed by atoms with Crippen molar-refractivity contribution in [2.45, 2.75) is 25.9 Å². The summed E-state index contributed by atoms with van der Waals surface area (Å²) < 4.78 is 11.0. The van der Waals surface area contributed by atoms with Crippen LogP contribution in [0.1, 0.15) is 18.1 Å². The molecule has 2 aromatic carbocycles. The molecule has 0 aromatic heterocycles. The third-order valence-corrected chi connectivity index (χ3v) is 4.07. The lowest BCUT2D eigenvalue weighted by Crippen LogP contribution is -2.26. The lowest BCUT2D eigenvalue weighted by atomic mass is 10.1. The van der Waals surface area contributed by atoms with Gasteiger partial charge in [-0.15, -0.1) is 0 Å². The SMILES string of the molecule is CCOC(Cc1ccc(OCCc2cccc(N(C)C)c2)cc1)C(=O)O. The van der Waals surface area contributed by atoms with Crippen LogP contribution >= 0.6 is 0 Å². The maximum Gasteiger partial charge on any atom is 0.333 e. The number of aliphatic carboxylic acids is 1. The van der Waals surface area contributed by atoms with Gasteiger partial charge >= 0.3 is 5.97 Å². The number of nitrogens with zero attached hydrogens (tertiary/aromatic N) is 1. The van der Waals surface area contributed by atoms with E-state index in [1.165, 1.54) is 11.3 Å². The Kier molecular flexibility index (Phi) is 7.48. The second-order valence-corrected chi connectivity index (χ2v) is 6.29. The summed E-state index contributed by atoms with van der Waals surface area (Å²) in [7, 11) is 4.05. The Labute approximate surface area is 155 Å². The highest BCUT2D eigenvalue weighted by Gasteiger charge is 2.17. The van der Waals surface area contributed by atoms with Gasteiger partial charge in [0.05, 0.1) is 6.61 Å². The van der Waals surface area contributed by atoms with Crippen LogP contribution in [-0.4, -0.2) is 44.5 Å². The van der Waals surface area contributed by atoms with Crippen molar-refractivity contribution in [3.8, 4) is 5.75 Å².